The van der Waals surface area contributed by atoms with Gasteiger partial charge in [0.05, 0.1) is 17.8 Å². The summed E-state index contributed by atoms with van der Waals surface area (Å²) in [5.41, 5.74) is 2.45. The minimum absolute atomic E-state index is 0.0412. The van der Waals surface area contributed by atoms with Gasteiger partial charge in [0.2, 0.25) is 11.7 Å². The highest BCUT2D eigenvalue weighted by molar-refractivity contribution is 6.30. The van der Waals surface area contributed by atoms with Gasteiger partial charge in [0.15, 0.2) is 0 Å². The summed E-state index contributed by atoms with van der Waals surface area (Å²) in [6, 6.07) is 7.29. The maximum absolute atomic E-state index is 12.4. The molecule has 0 saturated carbocycles. The standard InChI is InChI=1S/C19H20ClN5O2/c1-2-3-16-21-15-8-9-25(10-14(15)19(26)22-16)11-17-23-18(24-27-17)12-4-6-13(20)7-5-12/h4-7H,2-3,8-11H2,1H3,(H,21,22,26). The lowest BCUT2D eigenvalue weighted by molar-refractivity contribution is 0.207. The van der Waals surface area contributed by atoms with E-state index in [1.54, 1.807) is 12.1 Å². The Kier molecular flexibility index (Phi) is 5.05. The van der Waals surface area contributed by atoms with Crippen molar-refractivity contribution >= 4 is 11.6 Å². The minimum atomic E-state index is -0.0412. The lowest BCUT2D eigenvalue weighted by Gasteiger charge is -2.26. The maximum atomic E-state index is 12.4. The van der Waals surface area contributed by atoms with Crippen LogP contribution >= 0.6 is 11.6 Å². The molecular weight excluding hydrogens is 366 g/mol. The summed E-state index contributed by atoms with van der Waals surface area (Å²) in [6.45, 7) is 3.90. The number of H-pyrrole nitrogens is 1. The Hall–Kier alpha value is -2.51. The van der Waals surface area contributed by atoms with Crippen LogP contribution in [0.4, 0.5) is 0 Å². The zero-order valence-corrected chi connectivity index (χ0v) is 15.8. The second kappa shape index (κ2) is 7.62. The number of benzene rings is 1. The second-order valence-electron chi connectivity index (χ2n) is 6.67. The number of hydrogen-bond acceptors (Lipinski definition) is 6. The Balaban J connectivity index is 1.47. The van der Waals surface area contributed by atoms with Crippen molar-refractivity contribution in [2.45, 2.75) is 39.3 Å². The predicted octanol–water partition coefficient (Wildman–Crippen LogP) is 2.98. The molecule has 1 aliphatic rings. The fourth-order valence-electron chi connectivity index (χ4n) is 3.25. The minimum Gasteiger partial charge on any atom is -0.338 e. The van der Waals surface area contributed by atoms with Gasteiger partial charge in [-0.1, -0.05) is 23.7 Å². The number of halogens is 1. The van der Waals surface area contributed by atoms with Gasteiger partial charge in [-0.15, -0.1) is 0 Å². The van der Waals surface area contributed by atoms with E-state index < -0.39 is 0 Å². The molecule has 0 fully saturated rings. The number of nitrogens with zero attached hydrogens (tertiary/aromatic N) is 4. The van der Waals surface area contributed by atoms with Crippen molar-refractivity contribution in [1.29, 1.82) is 0 Å². The van der Waals surface area contributed by atoms with E-state index in [9.17, 15) is 4.79 Å². The van der Waals surface area contributed by atoms with Crippen molar-refractivity contribution in [3.63, 3.8) is 0 Å². The third kappa shape index (κ3) is 3.94. The number of rotatable bonds is 5. The first-order chi connectivity index (χ1) is 13.1. The largest absolute Gasteiger partial charge is 0.338 e. The third-order valence-electron chi connectivity index (χ3n) is 4.61. The van der Waals surface area contributed by atoms with Crippen LogP contribution in [-0.4, -0.2) is 31.6 Å². The molecule has 0 spiro atoms. The van der Waals surface area contributed by atoms with Gasteiger partial charge in [-0.3, -0.25) is 9.69 Å². The Morgan fingerprint density at radius 3 is 2.85 bits per heavy atom. The molecule has 1 aromatic carbocycles. The fourth-order valence-corrected chi connectivity index (χ4v) is 3.38. The first kappa shape index (κ1) is 17.9. The summed E-state index contributed by atoms with van der Waals surface area (Å²) in [7, 11) is 0. The average Bonchev–Trinajstić information content (AvgIpc) is 3.12. The lowest BCUT2D eigenvalue weighted by Crippen LogP contribution is -2.35. The van der Waals surface area contributed by atoms with Crippen LogP contribution in [0.5, 0.6) is 0 Å². The van der Waals surface area contributed by atoms with Gasteiger partial charge in [0, 0.05) is 36.5 Å². The molecule has 4 rings (SSSR count). The van der Waals surface area contributed by atoms with Crippen LogP contribution in [0.3, 0.4) is 0 Å². The van der Waals surface area contributed by atoms with Gasteiger partial charge in [0.25, 0.3) is 5.56 Å². The Bertz CT molecular complexity index is 996. The van der Waals surface area contributed by atoms with Gasteiger partial charge >= 0.3 is 0 Å². The summed E-state index contributed by atoms with van der Waals surface area (Å²) in [5.74, 6) is 1.83. The van der Waals surface area contributed by atoms with E-state index in [4.69, 9.17) is 16.1 Å². The lowest BCUT2D eigenvalue weighted by atomic mass is 10.1. The SMILES string of the molecule is CCCc1nc2c(c(=O)[nH]1)CN(Cc1nc(-c3ccc(Cl)cc3)no1)CC2. The van der Waals surface area contributed by atoms with Crippen molar-refractivity contribution in [1.82, 2.24) is 25.0 Å². The predicted molar refractivity (Wildman–Crippen MR) is 101 cm³/mol. The van der Waals surface area contributed by atoms with Gasteiger partial charge in [0.1, 0.15) is 5.82 Å². The number of nitrogens with one attached hydrogen (secondary N) is 1. The first-order valence-electron chi connectivity index (χ1n) is 9.04. The molecule has 27 heavy (non-hydrogen) atoms. The summed E-state index contributed by atoms with van der Waals surface area (Å²) in [5, 5.41) is 4.70. The van der Waals surface area contributed by atoms with Crippen molar-refractivity contribution in [3.8, 4) is 11.4 Å². The Morgan fingerprint density at radius 1 is 1.26 bits per heavy atom. The quantitative estimate of drug-likeness (QED) is 0.726. The molecule has 2 aromatic heterocycles. The average molecular weight is 386 g/mol. The highest BCUT2D eigenvalue weighted by Crippen LogP contribution is 2.20. The Morgan fingerprint density at radius 2 is 2.07 bits per heavy atom. The van der Waals surface area contributed by atoms with Gasteiger partial charge < -0.3 is 9.51 Å². The van der Waals surface area contributed by atoms with Crippen molar-refractivity contribution < 1.29 is 4.52 Å². The van der Waals surface area contributed by atoms with E-state index in [1.807, 2.05) is 12.1 Å². The topological polar surface area (TPSA) is 87.9 Å². The molecule has 0 aliphatic carbocycles. The molecule has 0 bridgehead atoms. The monoisotopic (exact) mass is 385 g/mol. The number of aryl methyl sites for hydroxylation is 1. The molecule has 0 radical (unpaired) electrons. The van der Waals surface area contributed by atoms with E-state index in [1.165, 1.54) is 0 Å². The van der Waals surface area contributed by atoms with Crippen LogP contribution in [0.15, 0.2) is 33.6 Å². The van der Waals surface area contributed by atoms with Crippen molar-refractivity contribution in [2.24, 2.45) is 0 Å². The molecule has 1 aliphatic heterocycles. The second-order valence-corrected chi connectivity index (χ2v) is 7.10. The van der Waals surface area contributed by atoms with E-state index in [-0.39, 0.29) is 5.56 Å². The molecule has 7 nitrogen and oxygen atoms in total. The number of fused-ring (bicyclic) bond motifs is 1. The van der Waals surface area contributed by atoms with Crippen molar-refractivity contribution in [2.75, 3.05) is 6.54 Å². The van der Waals surface area contributed by atoms with E-state index in [0.717, 1.165) is 48.5 Å². The normalized spacial score (nSPS) is 14.3. The summed E-state index contributed by atoms with van der Waals surface area (Å²) >= 11 is 5.91. The number of hydrogen-bond donors (Lipinski definition) is 1. The first-order valence-corrected chi connectivity index (χ1v) is 9.42. The van der Waals surface area contributed by atoms with Crippen LogP contribution in [0.2, 0.25) is 5.02 Å². The van der Waals surface area contributed by atoms with Gasteiger partial charge in [-0.05, 0) is 30.7 Å². The van der Waals surface area contributed by atoms with Crippen LogP contribution < -0.4 is 5.56 Å². The molecular formula is C19H20ClN5O2. The molecule has 140 valence electrons. The molecule has 0 amide bonds. The molecule has 0 unspecified atom stereocenters. The van der Waals surface area contributed by atoms with E-state index in [0.29, 0.717) is 29.8 Å². The molecule has 0 atom stereocenters. The number of aromatic nitrogens is 4. The van der Waals surface area contributed by atoms with Crippen LogP contribution in [-0.2, 0) is 25.9 Å². The molecule has 1 N–H and O–H groups in total. The molecule has 3 heterocycles. The van der Waals surface area contributed by atoms with Crippen LogP contribution in [0.25, 0.3) is 11.4 Å². The van der Waals surface area contributed by atoms with E-state index >= 15 is 0 Å². The highest BCUT2D eigenvalue weighted by atomic mass is 35.5. The maximum Gasteiger partial charge on any atom is 0.255 e. The molecule has 8 heteroatoms. The van der Waals surface area contributed by atoms with E-state index in [2.05, 4.69) is 31.9 Å². The fraction of sp³-hybridized carbons (Fsp3) is 0.368. The zero-order valence-electron chi connectivity index (χ0n) is 15.0. The summed E-state index contributed by atoms with van der Waals surface area (Å²) in [4.78, 5) is 26.5. The molecule has 3 aromatic rings. The van der Waals surface area contributed by atoms with Gasteiger partial charge in [-0.25, -0.2) is 4.98 Å². The molecule has 0 saturated heterocycles. The highest BCUT2D eigenvalue weighted by Gasteiger charge is 2.23. The number of aromatic amines is 1. The van der Waals surface area contributed by atoms with Gasteiger partial charge in [-0.2, -0.15) is 4.98 Å². The summed E-state index contributed by atoms with van der Waals surface area (Å²) in [6.07, 6.45) is 2.50. The summed E-state index contributed by atoms with van der Waals surface area (Å²) < 4.78 is 5.38. The van der Waals surface area contributed by atoms with Crippen molar-refractivity contribution in [3.05, 3.63) is 62.6 Å². The Labute approximate surface area is 161 Å². The van der Waals surface area contributed by atoms with Crippen LogP contribution in [0.1, 0.15) is 36.3 Å². The third-order valence-corrected chi connectivity index (χ3v) is 4.86. The zero-order chi connectivity index (χ0) is 18.8. The van der Waals surface area contributed by atoms with Crippen LogP contribution in [0, 0.1) is 0 Å². The smallest absolute Gasteiger partial charge is 0.255 e.